The van der Waals surface area contributed by atoms with Gasteiger partial charge in [-0.2, -0.15) is 0 Å². The number of carbonyl (C=O) groups is 1. The summed E-state index contributed by atoms with van der Waals surface area (Å²) in [6, 6.07) is 6.68. The van der Waals surface area contributed by atoms with E-state index in [1.165, 1.54) is 0 Å². The summed E-state index contributed by atoms with van der Waals surface area (Å²) in [7, 11) is -1.08. The third-order valence-electron chi connectivity index (χ3n) is 3.19. The molecule has 1 aromatic heterocycles. The maximum atomic E-state index is 12.0. The standard InChI is InChI=1S/C16H22N4O2S/c1-12(2)11-20-8-7-17-15(20)10-18-16(21)19-13-5-4-6-14(9-13)23(3)22/h4-9,12H,10-11H2,1-3H3,(H2,18,19,21). The van der Waals surface area contributed by atoms with Crippen LogP contribution in [0.3, 0.4) is 0 Å². The smallest absolute Gasteiger partial charge is 0.319 e. The summed E-state index contributed by atoms with van der Waals surface area (Å²) in [6.07, 6.45) is 5.25. The summed E-state index contributed by atoms with van der Waals surface area (Å²) in [4.78, 5) is 16.9. The SMILES string of the molecule is CC(C)Cn1ccnc1CNC(=O)Nc1cccc(S(C)=O)c1. The number of benzene rings is 1. The van der Waals surface area contributed by atoms with Crippen LogP contribution < -0.4 is 10.6 Å². The number of carbonyl (C=O) groups excluding carboxylic acids is 1. The number of rotatable bonds is 6. The first kappa shape index (κ1) is 17.2. The molecule has 23 heavy (non-hydrogen) atoms. The molecule has 1 aromatic carbocycles. The lowest BCUT2D eigenvalue weighted by Gasteiger charge is -2.12. The molecule has 0 spiro atoms. The fraction of sp³-hybridized carbons (Fsp3) is 0.375. The van der Waals surface area contributed by atoms with Gasteiger partial charge >= 0.3 is 6.03 Å². The Kier molecular flexibility index (Phi) is 5.92. The van der Waals surface area contributed by atoms with Gasteiger partial charge in [0.25, 0.3) is 0 Å². The van der Waals surface area contributed by atoms with Gasteiger partial charge in [0.05, 0.1) is 6.54 Å². The van der Waals surface area contributed by atoms with Crippen LogP contribution in [0.2, 0.25) is 0 Å². The molecule has 1 unspecified atom stereocenters. The van der Waals surface area contributed by atoms with Crippen LogP contribution in [0.4, 0.5) is 10.5 Å². The molecule has 6 nitrogen and oxygen atoms in total. The summed E-state index contributed by atoms with van der Waals surface area (Å²) < 4.78 is 13.5. The van der Waals surface area contributed by atoms with Crippen molar-refractivity contribution < 1.29 is 9.00 Å². The topological polar surface area (TPSA) is 76.0 Å². The van der Waals surface area contributed by atoms with Crippen LogP contribution in [0.25, 0.3) is 0 Å². The Labute approximate surface area is 138 Å². The molecule has 0 saturated heterocycles. The number of hydrogen-bond acceptors (Lipinski definition) is 3. The van der Waals surface area contributed by atoms with Gasteiger partial charge in [0.2, 0.25) is 0 Å². The number of hydrogen-bond donors (Lipinski definition) is 2. The van der Waals surface area contributed by atoms with Crippen LogP contribution in [-0.4, -0.2) is 26.0 Å². The summed E-state index contributed by atoms with van der Waals surface area (Å²) >= 11 is 0. The molecule has 0 saturated carbocycles. The Hall–Kier alpha value is -2.15. The Morgan fingerprint density at radius 1 is 1.39 bits per heavy atom. The number of nitrogens with zero attached hydrogens (tertiary/aromatic N) is 2. The molecule has 2 N–H and O–H groups in total. The van der Waals surface area contributed by atoms with E-state index >= 15 is 0 Å². The number of anilines is 1. The highest BCUT2D eigenvalue weighted by atomic mass is 32.2. The minimum Gasteiger partial charge on any atom is -0.333 e. The average molecular weight is 334 g/mol. The van der Waals surface area contributed by atoms with E-state index in [9.17, 15) is 9.00 Å². The number of imidazole rings is 1. The van der Waals surface area contributed by atoms with E-state index in [-0.39, 0.29) is 6.03 Å². The van der Waals surface area contributed by atoms with Crippen LogP contribution in [0.1, 0.15) is 19.7 Å². The Morgan fingerprint density at radius 3 is 2.87 bits per heavy atom. The Bertz CT molecular complexity index is 697. The summed E-state index contributed by atoms with van der Waals surface area (Å²) in [5, 5.41) is 5.52. The molecule has 0 aliphatic rings. The molecular weight excluding hydrogens is 312 g/mol. The molecule has 0 radical (unpaired) electrons. The summed E-state index contributed by atoms with van der Waals surface area (Å²) in [5.41, 5.74) is 0.612. The van der Waals surface area contributed by atoms with Crippen LogP contribution >= 0.6 is 0 Å². The molecule has 2 aromatic rings. The van der Waals surface area contributed by atoms with Crippen molar-refractivity contribution in [1.82, 2.24) is 14.9 Å². The predicted octanol–water partition coefficient (Wildman–Crippen LogP) is 2.60. The van der Waals surface area contributed by atoms with Crippen molar-refractivity contribution in [2.24, 2.45) is 5.92 Å². The van der Waals surface area contributed by atoms with E-state index in [0.717, 1.165) is 12.4 Å². The first-order valence-electron chi connectivity index (χ1n) is 7.44. The summed E-state index contributed by atoms with van der Waals surface area (Å²) in [6.45, 7) is 5.48. The quantitative estimate of drug-likeness (QED) is 0.852. The number of aromatic nitrogens is 2. The van der Waals surface area contributed by atoms with Gasteiger partial charge in [-0.1, -0.05) is 19.9 Å². The van der Waals surface area contributed by atoms with Crippen molar-refractivity contribution in [1.29, 1.82) is 0 Å². The third kappa shape index (κ3) is 5.21. The second-order valence-electron chi connectivity index (χ2n) is 5.68. The molecule has 0 bridgehead atoms. The van der Waals surface area contributed by atoms with Gasteiger partial charge in [0, 0.05) is 46.6 Å². The molecule has 0 aliphatic carbocycles. The van der Waals surface area contributed by atoms with Gasteiger partial charge in [-0.05, 0) is 24.1 Å². The van der Waals surface area contributed by atoms with E-state index in [1.807, 2.05) is 10.8 Å². The van der Waals surface area contributed by atoms with Crippen molar-refractivity contribution in [3.63, 3.8) is 0 Å². The molecule has 7 heteroatoms. The molecule has 0 aliphatic heterocycles. The van der Waals surface area contributed by atoms with Gasteiger partial charge in [-0.15, -0.1) is 0 Å². The largest absolute Gasteiger partial charge is 0.333 e. The highest BCUT2D eigenvalue weighted by Crippen LogP contribution is 2.13. The van der Waals surface area contributed by atoms with E-state index in [4.69, 9.17) is 0 Å². The summed E-state index contributed by atoms with van der Waals surface area (Å²) in [5.74, 6) is 1.33. The van der Waals surface area contributed by atoms with E-state index in [1.54, 1.807) is 36.7 Å². The van der Waals surface area contributed by atoms with E-state index in [2.05, 4.69) is 29.5 Å². The van der Waals surface area contributed by atoms with Crippen LogP contribution in [0.15, 0.2) is 41.6 Å². The van der Waals surface area contributed by atoms with Crippen molar-refractivity contribution in [2.75, 3.05) is 11.6 Å². The second-order valence-corrected chi connectivity index (χ2v) is 7.06. The maximum Gasteiger partial charge on any atom is 0.319 e. The normalized spacial score (nSPS) is 12.2. The van der Waals surface area contributed by atoms with Gasteiger partial charge < -0.3 is 15.2 Å². The predicted molar refractivity (Wildman–Crippen MR) is 91.7 cm³/mol. The molecule has 1 heterocycles. The fourth-order valence-electron chi connectivity index (χ4n) is 2.15. The van der Waals surface area contributed by atoms with Gasteiger partial charge in [-0.25, -0.2) is 9.78 Å². The zero-order valence-electron chi connectivity index (χ0n) is 13.6. The monoisotopic (exact) mass is 334 g/mol. The zero-order chi connectivity index (χ0) is 16.8. The van der Waals surface area contributed by atoms with Crippen molar-refractivity contribution in [3.05, 3.63) is 42.5 Å². The zero-order valence-corrected chi connectivity index (χ0v) is 14.4. The fourth-order valence-corrected chi connectivity index (χ4v) is 2.72. The second kappa shape index (κ2) is 7.92. The number of urea groups is 1. The Balaban J connectivity index is 1.92. The lowest BCUT2D eigenvalue weighted by molar-refractivity contribution is 0.251. The van der Waals surface area contributed by atoms with Gasteiger partial charge in [0.1, 0.15) is 5.82 Å². The Morgan fingerprint density at radius 2 is 2.17 bits per heavy atom. The van der Waals surface area contributed by atoms with Crippen molar-refractivity contribution >= 4 is 22.5 Å². The third-order valence-corrected chi connectivity index (χ3v) is 4.11. The number of nitrogens with one attached hydrogen (secondary N) is 2. The lowest BCUT2D eigenvalue weighted by Crippen LogP contribution is -2.29. The molecule has 124 valence electrons. The van der Waals surface area contributed by atoms with Crippen LogP contribution in [0, 0.1) is 5.92 Å². The average Bonchev–Trinajstić information content (AvgIpc) is 2.92. The highest BCUT2D eigenvalue weighted by Gasteiger charge is 2.08. The first-order chi connectivity index (χ1) is 11.0. The first-order valence-corrected chi connectivity index (χ1v) is 9.00. The number of amides is 2. The molecule has 2 rings (SSSR count). The lowest BCUT2D eigenvalue weighted by atomic mass is 10.2. The van der Waals surface area contributed by atoms with Crippen molar-refractivity contribution in [3.8, 4) is 0 Å². The molecule has 2 amide bonds. The molecule has 1 atom stereocenters. The highest BCUT2D eigenvalue weighted by molar-refractivity contribution is 7.84. The van der Waals surface area contributed by atoms with Crippen LogP contribution in [0.5, 0.6) is 0 Å². The molecular formula is C16H22N4O2S. The van der Waals surface area contributed by atoms with E-state index < -0.39 is 10.8 Å². The van der Waals surface area contributed by atoms with E-state index in [0.29, 0.717) is 23.0 Å². The maximum absolute atomic E-state index is 12.0. The van der Waals surface area contributed by atoms with Crippen LogP contribution in [-0.2, 0) is 23.9 Å². The minimum atomic E-state index is -1.08. The molecule has 0 fully saturated rings. The van der Waals surface area contributed by atoms with Gasteiger partial charge in [-0.3, -0.25) is 4.21 Å². The van der Waals surface area contributed by atoms with Gasteiger partial charge in [0.15, 0.2) is 0 Å². The van der Waals surface area contributed by atoms with Crippen molar-refractivity contribution in [2.45, 2.75) is 31.8 Å². The minimum absolute atomic E-state index is 0.317.